The van der Waals surface area contributed by atoms with Crippen LogP contribution >= 0.6 is 11.6 Å². The third-order valence-electron chi connectivity index (χ3n) is 3.47. The molecular formula is C17H15ClN2O2. The second kappa shape index (κ2) is 6.22. The number of carbonyl (C=O) groups is 1. The Hall–Kier alpha value is -2.30. The molecule has 0 aliphatic heterocycles. The van der Waals surface area contributed by atoms with Gasteiger partial charge in [0.05, 0.1) is 12.5 Å². The molecule has 0 aliphatic rings. The molecule has 4 nitrogen and oxygen atoms in total. The van der Waals surface area contributed by atoms with E-state index in [4.69, 9.17) is 11.6 Å². The quantitative estimate of drug-likeness (QED) is 0.684. The Bertz CT molecular complexity index is 796. The molecule has 0 bridgehead atoms. The average molecular weight is 315 g/mol. The Labute approximate surface area is 132 Å². The Morgan fingerprint density at radius 2 is 1.95 bits per heavy atom. The third kappa shape index (κ3) is 3.30. The standard InChI is InChI=1S/C17H15ClN2O2/c18-13-3-1-11(2-4-13)16(21)10-17(22)20-14-5-6-15-12(9-14)7-8-19-15/h1-9,16,19,21H,10H2,(H,20,22). The predicted molar refractivity (Wildman–Crippen MR) is 88.0 cm³/mol. The molecule has 0 spiro atoms. The van der Waals surface area contributed by atoms with Crippen LogP contribution in [0.1, 0.15) is 18.1 Å². The summed E-state index contributed by atoms with van der Waals surface area (Å²) in [5, 5.41) is 14.5. The first kappa shape index (κ1) is 14.6. The number of hydrogen-bond acceptors (Lipinski definition) is 2. The third-order valence-corrected chi connectivity index (χ3v) is 3.72. The minimum Gasteiger partial charge on any atom is -0.388 e. The fourth-order valence-corrected chi connectivity index (χ4v) is 2.45. The number of hydrogen-bond donors (Lipinski definition) is 3. The van der Waals surface area contributed by atoms with Gasteiger partial charge in [-0.05, 0) is 42.0 Å². The number of fused-ring (bicyclic) bond motifs is 1. The Morgan fingerprint density at radius 1 is 1.18 bits per heavy atom. The SMILES string of the molecule is O=C(CC(O)c1ccc(Cl)cc1)Nc1ccc2[nH]ccc2c1. The van der Waals surface area contributed by atoms with Crippen molar-refractivity contribution in [1.82, 2.24) is 4.98 Å². The molecule has 1 aromatic heterocycles. The van der Waals surface area contributed by atoms with Crippen molar-refractivity contribution in [2.24, 2.45) is 0 Å². The Kier molecular flexibility index (Phi) is 4.13. The van der Waals surface area contributed by atoms with Gasteiger partial charge in [0.1, 0.15) is 0 Å². The van der Waals surface area contributed by atoms with Crippen molar-refractivity contribution in [3.05, 3.63) is 65.3 Å². The number of halogens is 1. The molecule has 0 radical (unpaired) electrons. The largest absolute Gasteiger partial charge is 0.388 e. The molecule has 112 valence electrons. The van der Waals surface area contributed by atoms with E-state index in [2.05, 4.69) is 10.3 Å². The molecule has 0 saturated heterocycles. The van der Waals surface area contributed by atoms with E-state index >= 15 is 0 Å². The van der Waals surface area contributed by atoms with Crippen LogP contribution < -0.4 is 5.32 Å². The van der Waals surface area contributed by atoms with E-state index in [1.165, 1.54) is 0 Å². The van der Waals surface area contributed by atoms with Gasteiger partial charge in [0, 0.05) is 27.8 Å². The van der Waals surface area contributed by atoms with Crippen LogP contribution in [-0.4, -0.2) is 16.0 Å². The number of benzene rings is 2. The second-order valence-corrected chi connectivity index (χ2v) is 5.54. The molecule has 1 atom stereocenters. The first-order valence-electron chi connectivity index (χ1n) is 6.92. The fourth-order valence-electron chi connectivity index (χ4n) is 2.32. The van der Waals surface area contributed by atoms with Crippen molar-refractivity contribution in [2.75, 3.05) is 5.32 Å². The molecule has 0 fully saturated rings. The van der Waals surface area contributed by atoms with E-state index in [0.29, 0.717) is 16.3 Å². The number of anilines is 1. The molecule has 22 heavy (non-hydrogen) atoms. The van der Waals surface area contributed by atoms with Gasteiger partial charge in [0.15, 0.2) is 0 Å². The van der Waals surface area contributed by atoms with E-state index in [0.717, 1.165) is 10.9 Å². The van der Waals surface area contributed by atoms with E-state index in [9.17, 15) is 9.90 Å². The molecule has 3 rings (SSSR count). The molecule has 5 heteroatoms. The summed E-state index contributed by atoms with van der Waals surface area (Å²) in [6, 6.07) is 14.4. The van der Waals surface area contributed by atoms with E-state index in [1.54, 1.807) is 24.3 Å². The van der Waals surface area contributed by atoms with Crippen molar-refractivity contribution < 1.29 is 9.90 Å². The summed E-state index contributed by atoms with van der Waals surface area (Å²) in [5.41, 5.74) is 2.39. The molecule has 1 heterocycles. The van der Waals surface area contributed by atoms with Crippen LogP contribution in [0.3, 0.4) is 0 Å². The number of aromatic nitrogens is 1. The summed E-state index contributed by atoms with van der Waals surface area (Å²) < 4.78 is 0. The van der Waals surface area contributed by atoms with Gasteiger partial charge in [-0.2, -0.15) is 0 Å². The highest BCUT2D eigenvalue weighted by Gasteiger charge is 2.13. The second-order valence-electron chi connectivity index (χ2n) is 5.10. The van der Waals surface area contributed by atoms with Gasteiger partial charge < -0.3 is 15.4 Å². The van der Waals surface area contributed by atoms with Crippen LogP contribution in [0.15, 0.2) is 54.7 Å². The minimum atomic E-state index is -0.853. The molecule has 0 aliphatic carbocycles. The number of H-pyrrole nitrogens is 1. The van der Waals surface area contributed by atoms with Gasteiger partial charge in [-0.25, -0.2) is 0 Å². The summed E-state index contributed by atoms with van der Waals surface area (Å²) in [5.74, 6) is -0.239. The van der Waals surface area contributed by atoms with Crippen molar-refractivity contribution in [3.63, 3.8) is 0 Å². The number of aliphatic hydroxyl groups is 1. The summed E-state index contributed by atoms with van der Waals surface area (Å²) in [6.07, 6.45) is 0.987. The number of aliphatic hydroxyl groups excluding tert-OH is 1. The number of carbonyl (C=O) groups excluding carboxylic acids is 1. The highest BCUT2D eigenvalue weighted by molar-refractivity contribution is 6.30. The maximum atomic E-state index is 12.0. The highest BCUT2D eigenvalue weighted by Crippen LogP contribution is 2.21. The number of aromatic amines is 1. The maximum absolute atomic E-state index is 12.0. The van der Waals surface area contributed by atoms with Crippen LogP contribution in [0, 0.1) is 0 Å². The normalized spacial score (nSPS) is 12.3. The van der Waals surface area contributed by atoms with Gasteiger partial charge in [0.25, 0.3) is 0 Å². The monoisotopic (exact) mass is 314 g/mol. The topological polar surface area (TPSA) is 65.1 Å². The smallest absolute Gasteiger partial charge is 0.227 e. The van der Waals surface area contributed by atoms with Crippen LogP contribution in [0.5, 0.6) is 0 Å². The lowest BCUT2D eigenvalue weighted by Crippen LogP contribution is -2.15. The molecule has 1 amide bonds. The Balaban J connectivity index is 1.65. The summed E-state index contributed by atoms with van der Waals surface area (Å²) in [4.78, 5) is 15.1. The first-order chi connectivity index (χ1) is 10.6. The van der Waals surface area contributed by atoms with Gasteiger partial charge in [-0.1, -0.05) is 23.7 Å². The lowest BCUT2D eigenvalue weighted by molar-refractivity contribution is -0.118. The Morgan fingerprint density at radius 3 is 2.73 bits per heavy atom. The molecule has 0 saturated carbocycles. The van der Waals surface area contributed by atoms with E-state index < -0.39 is 6.10 Å². The van der Waals surface area contributed by atoms with Gasteiger partial charge in [-0.3, -0.25) is 4.79 Å². The summed E-state index contributed by atoms with van der Waals surface area (Å²) >= 11 is 5.80. The molecule has 3 N–H and O–H groups in total. The van der Waals surface area contributed by atoms with Gasteiger partial charge >= 0.3 is 0 Å². The predicted octanol–water partition coefficient (Wildman–Crippen LogP) is 3.88. The van der Waals surface area contributed by atoms with E-state index in [1.807, 2.05) is 30.5 Å². The van der Waals surface area contributed by atoms with Gasteiger partial charge in [-0.15, -0.1) is 0 Å². The minimum absolute atomic E-state index is 0.00714. The lowest BCUT2D eigenvalue weighted by Gasteiger charge is -2.11. The lowest BCUT2D eigenvalue weighted by atomic mass is 10.1. The number of nitrogens with one attached hydrogen (secondary N) is 2. The highest BCUT2D eigenvalue weighted by atomic mass is 35.5. The summed E-state index contributed by atoms with van der Waals surface area (Å²) in [7, 11) is 0. The number of rotatable bonds is 4. The number of amides is 1. The zero-order chi connectivity index (χ0) is 15.5. The molecular weight excluding hydrogens is 300 g/mol. The van der Waals surface area contributed by atoms with Crippen molar-refractivity contribution >= 4 is 34.1 Å². The zero-order valence-corrected chi connectivity index (χ0v) is 12.5. The van der Waals surface area contributed by atoms with Crippen LogP contribution in [0.4, 0.5) is 5.69 Å². The average Bonchev–Trinajstić information content (AvgIpc) is 2.95. The zero-order valence-electron chi connectivity index (χ0n) is 11.7. The molecule has 3 aromatic rings. The van der Waals surface area contributed by atoms with Crippen LogP contribution in [-0.2, 0) is 4.79 Å². The van der Waals surface area contributed by atoms with Crippen molar-refractivity contribution in [1.29, 1.82) is 0 Å². The summed E-state index contributed by atoms with van der Waals surface area (Å²) in [6.45, 7) is 0. The van der Waals surface area contributed by atoms with E-state index in [-0.39, 0.29) is 12.3 Å². The van der Waals surface area contributed by atoms with Crippen LogP contribution in [0.25, 0.3) is 10.9 Å². The fraction of sp³-hybridized carbons (Fsp3) is 0.118. The molecule has 2 aromatic carbocycles. The maximum Gasteiger partial charge on any atom is 0.227 e. The van der Waals surface area contributed by atoms with Crippen LogP contribution in [0.2, 0.25) is 5.02 Å². The van der Waals surface area contributed by atoms with Crippen molar-refractivity contribution in [2.45, 2.75) is 12.5 Å². The van der Waals surface area contributed by atoms with Crippen molar-refractivity contribution in [3.8, 4) is 0 Å². The van der Waals surface area contributed by atoms with Gasteiger partial charge in [0.2, 0.25) is 5.91 Å². The first-order valence-corrected chi connectivity index (χ1v) is 7.30. The molecule has 1 unspecified atom stereocenters.